The second-order valence-corrected chi connectivity index (χ2v) is 4.21. The maximum absolute atomic E-state index is 5.33. The van der Waals surface area contributed by atoms with Gasteiger partial charge in [-0.3, -0.25) is 0 Å². The van der Waals surface area contributed by atoms with Crippen LogP contribution in [0.3, 0.4) is 0 Å². The molecule has 1 aromatic rings. The molecule has 0 atom stereocenters. The lowest BCUT2D eigenvalue weighted by Crippen LogP contribution is -2.28. The number of nitrogens with one attached hydrogen (secondary N) is 1. The van der Waals surface area contributed by atoms with Gasteiger partial charge >= 0.3 is 0 Å². The molecule has 1 N–H and O–H groups in total. The Morgan fingerprint density at radius 2 is 2.12 bits per heavy atom. The van der Waals surface area contributed by atoms with Crippen molar-refractivity contribution < 1.29 is 4.74 Å². The van der Waals surface area contributed by atoms with Crippen LogP contribution in [-0.2, 0) is 11.2 Å². The zero-order valence-corrected chi connectivity index (χ0v) is 9.99. The Balaban J connectivity index is 2.04. The lowest BCUT2D eigenvalue weighted by molar-refractivity contribution is 0.0903. The molecule has 0 radical (unpaired) electrons. The van der Waals surface area contributed by atoms with Crippen molar-refractivity contribution in [2.75, 3.05) is 18.5 Å². The summed E-state index contributed by atoms with van der Waals surface area (Å²) in [6, 6.07) is 2.50. The minimum atomic E-state index is 0.459. The zero-order valence-electron chi connectivity index (χ0n) is 9.99. The number of hydrogen-bond acceptors (Lipinski definition) is 4. The van der Waals surface area contributed by atoms with Crippen LogP contribution >= 0.6 is 0 Å². The molecular weight excluding hydrogens is 202 g/mol. The van der Waals surface area contributed by atoms with Crippen LogP contribution in [0.25, 0.3) is 0 Å². The smallest absolute Gasteiger partial charge is 0.223 e. The predicted octanol–water partition coefficient (Wildman–Crippen LogP) is 1.94. The van der Waals surface area contributed by atoms with Gasteiger partial charge in [0.05, 0.1) is 0 Å². The quantitative estimate of drug-likeness (QED) is 0.847. The van der Waals surface area contributed by atoms with Crippen molar-refractivity contribution in [1.29, 1.82) is 0 Å². The van der Waals surface area contributed by atoms with Crippen molar-refractivity contribution in [3.05, 3.63) is 17.5 Å². The molecule has 0 aliphatic carbocycles. The van der Waals surface area contributed by atoms with Gasteiger partial charge in [-0.1, -0.05) is 6.92 Å². The van der Waals surface area contributed by atoms with E-state index in [1.54, 1.807) is 0 Å². The van der Waals surface area contributed by atoms with Gasteiger partial charge in [0.15, 0.2) is 0 Å². The van der Waals surface area contributed by atoms with Crippen molar-refractivity contribution >= 4 is 5.95 Å². The third kappa shape index (κ3) is 2.92. The highest BCUT2D eigenvalue weighted by atomic mass is 16.5. The molecule has 0 unspecified atom stereocenters. The summed E-state index contributed by atoms with van der Waals surface area (Å²) in [5.41, 5.74) is 2.13. The van der Waals surface area contributed by atoms with Crippen LogP contribution in [0, 0.1) is 6.92 Å². The molecule has 0 saturated carbocycles. The number of anilines is 1. The van der Waals surface area contributed by atoms with E-state index in [0.29, 0.717) is 6.04 Å². The van der Waals surface area contributed by atoms with Crippen LogP contribution in [0.4, 0.5) is 5.95 Å². The monoisotopic (exact) mass is 221 g/mol. The third-order valence-corrected chi connectivity index (χ3v) is 2.82. The molecule has 2 heterocycles. The van der Waals surface area contributed by atoms with Crippen molar-refractivity contribution in [3.8, 4) is 0 Å². The molecule has 4 heteroatoms. The molecule has 0 bridgehead atoms. The van der Waals surface area contributed by atoms with Crippen LogP contribution < -0.4 is 5.32 Å². The van der Waals surface area contributed by atoms with Crippen molar-refractivity contribution in [3.63, 3.8) is 0 Å². The fourth-order valence-corrected chi connectivity index (χ4v) is 1.90. The number of aryl methyl sites for hydroxylation is 2. The summed E-state index contributed by atoms with van der Waals surface area (Å²) < 4.78 is 5.33. The lowest BCUT2D eigenvalue weighted by atomic mass is 10.1. The van der Waals surface area contributed by atoms with E-state index in [9.17, 15) is 0 Å². The Kier molecular flexibility index (Phi) is 3.72. The van der Waals surface area contributed by atoms with Crippen molar-refractivity contribution in [1.82, 2.24) is 9.97 Å². The molecule has 1 saturated heterocycles. The van der Waals surface area contributed by atoms with Gasteiger partial charge in [-0.05, 0) is 32.3 Å². The highest BCUT2D eigenvalue weighted by Gasteiger charge is 2.14. The molecule has 1 aromatic heterocycles. The van der Waals surface area contributed by atoms with Crippen LogP contribution in [0.1, 0.15) is 31.2 Å². The van der Waals surface area contributed by atoms with Gasteiger partial charge in [0.25, 0.3) is 0 Å². The van der Waals surface area contributed by atoms with E-state index in [2.05, 4.69) is 22.2 Å². The van der Waals surface area contributed by atoms with Gasteiger partial charge in [-0.25, -0.2) is 9.97 Å². The summed E-state index contributed by atoms with van der Waals surface area (Å²) in [7, 11) is 0. The SMILES string of the molecule is CCc1cc(C)nc(NC2CCOCC2)n1. The van der Waals surface area contributed by atoms with Crippen LogP contribution in [0.15, 0.2) is 6.07 Å². The zero-order chi connectivity index (χ0) is 11.4. The summed E-state index contributed by atoms with van der Waals surface area (Å²) in [4.78, 5) is 8.90. The fraction of sp³-hybridized carbons (Fsp3) is 0.667. The molecule has 0 spiro atoms. The van der Waals surface area contributed by atoms with Gasteiger partial charge in [-0.2, -0.15) is 0 Å². The maximum atomic E-state index is 5.33. The molecule has 1 aliphatic rings. The fourth-order valence-electron chi connectivity index (χ4n) is 1.90. The number of nitrogens with zero attached hydrogens (tertiary/aromatic N) is 2. The van der Waals surface area contributed by atoms with Gasteiger partial charge in [0, 0.05) is 30.6 Å². The summed E-state index contributed by atoms with van der Waals surface area (Å²) in [5, 5.41) is 3.39. The Labute approximate surface area is 96.4 Å². The molecule has 1 fully saturated rings. The summed E-state index contributed by atoms with van der Waals surface area (Å²) in [5.74, 6) is 0.767. The number of ether oxygens (including phenoxy) is 1. The topological polar surface area (TPSA) is 47.0 Å². The molecule has 0 amide bonds. The second kappa shape index (κ2) is 5.25. The van der Waals surface area contributed by atoms with Crippen molar-refractivity contribution in [2.24, 2.45) is 0 Å². The number of hydrogen-bond donors (Lipinski definition) is 1. The predicted molar refractivity (Wildman–Crippen MR) is 63.6 cm³/mol. The van der Waals surface area contributed by atoms with E-state index >= 15 is 0 Å². The standard InChI is InChI=1S/C12H19N3O/c1-3-10-8-9(2)13-12(14-10)15-11-4-6-16-7-5-11/h8,11H,3-7H2,1-2H3,(H,13,14,15). The third-order valence-electron chi connectivity index (χ3n) is 2.82. The van der Waals surface area contributed by atoms with Gasteiger partial charge in [-0.15, -0.1) is 0 Å². The van der Waals surface area contributed by atoms with Gasteiger partial charge in [0.1, 0.15) is 0 Å². The van der Waals surface area contributed by atoms with E-state index in [0.717, 1.165) is 49.8 Å². The van der Waals surface area contributed by atoms with E-state index in [4.69, 9.17) is 4.74 Å². The van der Waals surface area contributed by atoms with E-state index in [1.165, 1.54) is 0 Å². The summed E-state index contributed by atoms with van der Waals surface area (Å²) in [6.45, 7) is 5.80. The first-order valence-corrected chi connectivity index (χ1v) is 5.96. The Morgan fingerprint density at radius 1 is 1.38 bits per heavy atom. The molecule has 16 heavy (non-hydrogen) atoms. The highest BCUT2D eigenvalue weighted by molar-refractivity contribution is 5.29. The molecule has 0 aromatic carbocycles. The average molecular weight is 221 g/mol. The van der Waals surface area contributed by atoms with Crippen LogP contribution in [-0.4, -0.2) is 29.2 Å². The highest BCUT2D eigenvalue weighted by Crippen LogP contribution is 2.13. The largest absolute Gasteiger partial charge is 0.381 e. The lowest BCUT2D eigenvalue weighted by Gasteiger charge is -2.23. The first-order chi connectivity index (χ1) is 7.78. The molecular formula is C12H19N3O. The van der Waals surface area contributed by atoms with Gasteiger partial charge < -0.3 is 10.1 Å². The van der Waals surface area contributed by atoms with Crippen LogP contribution in [0.2, 0.25) is 0 Å². The van der Waals surface area contributed by atoms with Crippen LogP contribution in [0.5, 0.6) is 0 Å². The Hall–Kier alpha value is -1.16. The number of rotatable bonds is 3. The molecule has 88 valence electrons. The van der Waals surface area contributed by atoms with Gasteiger partial charge in [0.2, 0.25) is 5.95 Å². The van der Waals surface area contributed by atoms with E-state index in [1.807, 2.05) is 13.0 Å². The average Bonchev–Trinajstić information content (AvgIpc) is 2.29. The van der Waals surface area contributed by atoms with E-state index < -0.39 is 0 Å². The summed E-state index contributed by atoms with van der Waals surface area (Å²) >= 11 is 0. The Bertz CT molecular complexity index is 348. The number of aromatic nitrogens is 2. The maximum Gasteiger partial charge on any atom is 0.223 e. The first kappa shape index (κ1) is 11.3. The second-order valence-electron chi connectivity index (χ2n) is 4.21. The minimum Gasteiger partial charge on any atom is -0.381 e. The van der Waals surface area contributed by atoms with Crippen molar-refractivity contribution in [2.45, 2.75) is 39.2 Å². The minimum absolute atomic E-state index is 0.459. The Morgan fingerprint density at radius 3 is 2.81 bits per heavy atom. The summed E-state index contributed by atoms with van der Waals surface area (Å²) in [6.07, 6.45) is 3.03. The molecule has 4 nitrogen and oxygen atoms in total. The molecule has 1 aliphatic heterocycles. The first-order valence-electron chi connectivity index (χ1n) is 5.96. The van der Waals surface area contributed by atoms with E-state index in [-0.39, 0.29) is 0 Å². The molecule has 2 rings (SSSR count). The normalized spacial score (nSPS) is 17.4.